The second kappa shape index (κ2) is 6.62. The Morgan fingerprint density at radius 2 is 2.19 bits per heavy atom. The number of hydrogen-bond acceptors (Lipinski definition) is 4. The average molecular weight is 333 g/mol. The number of nitrogens with zero attached hydrogens (tertiary/aromatic N) is 1. The molecule has 0 saturated carbocycles. The van der Waals surface area contributed by atoms with E-state index in [2.05, 4.69) is 0 Å². The number of sulfonamides is 1. The molecular formula is C14H21ClN2O3S. The van der Waals surface area contributed by atoms with E-state index in [1.54, 1.807) is 13.0 Å². The summed E-state index contributed by atoms with van der Waals surface area (Å²) in [7, 11) is -3.60. The predicted octanol–water partition coefficient (Wildman–Crippen LogP) is 1.91. The van der Waals surface area contributed by atoms with Crippen LogP contribution in [0.4, 0.5) is 0 Å². The minimum atomic E-state index is -3.60. The van der Waals surface area contributed by atoms with Gasteiger partial charge in [-0.2, -0.15) is 4.31 Å². The molecule has 2 rings (SSSR count). The lowest BCUT2D eigenvalue weighted by Crippen LogP contribution is -2.48. The van der Waals surface area contributed by atoms with Gasteiger partial charge in [-0.05, 0) is 36.6 Å². The SMILES string of the molecule is CCC1COCCN1S(=O)(=O)c1cc(Cl)cc(CN)c1C. The van der Waals surface area contributed by atoms with Gasteiger partial charge in [0.2, 0.25) is 10.0 Å². The number of nitrogens with two attached hydrogens (primary N) is 1. The van der Waals surface area contributed by atoms with Gasteiger partial charge in [-0.15, -0.1) is 0 Å². The number of benzene rings is 1. The molecule has 1 heterocycles. The average Bonchev–Trinajstić information content (AvgIpc) is 2.48. The van der Waals surface area contributed by atoms with Crippen LogP contribution in [0.5, 0.6) is 0 Å². The molecule has 0 radical (unpaired) electrons. The topological polar surface area (TPSA) is 72.6 Å². The third-order valence-corrected chi connectivity index (χ3v) is 6.18. The van der Waals surface area contributed by atoms with Gasteiger partial charge in [0.25, 0.3) is 0 Å². The maximum Gasteiger partial charge on any atom is 0.243 e. The molecule has 7 heteroatoms. The number of morpholine rings is 1. The Labute approximate surface area is 131 Å². The first-order valence-corrected chi connectivity index (χ1v) is 8.82. The van der Waals surface area contributed by atoms with Crippen molar-refractivity contribution >= 4 is 21.6 Å². The van der Waals surface area contributed by atoms with Gasteiger partial charge in [0, 0.05) is 24.2 Å². The zero-order chi connectivity index (χ0) is 15.6. The van der Waals surface area contributed by atoms with Crippen molar-refractivity contribution in [1.29, 1.82) is 0 Å². The van der Waals surface area contributed by atoms with Crippen molar-refractivity contribution in [2.75, 3.05) is 19.8 Å². The van der Waals surface area contributed by atoms with E-state index in [9.17, 15) is 8.42 Å². The van der Waals surface area contributed by atoms with Crippen LogP contribution in [0.25, 0.3) is 0 Å². The van der Waals surface area contributed by atoms with E-state index in [-0.39, 0.29) is 17.5 Å². The molecule has 1 atom stereocenters. The Bertz CT molecular complexity index is 619. The van der Waals surface area contributed by atoms with Crippen molar-refractivity contribution in [2.45, 2.75) is 37.8 Å². The normalized spacial score (nSPS) is 20.7. The van der Waals surface area contributed by atoms with Gasteiger partial charge in [-0.1, -0.05) is 18.5 Å². The zero-order valence-corrected chi connectivity index (χ0v) is 13.9. The van der Waals surface area contributed by atoms with Crippen LogP contribution in [0, 0.1) is 6.92 Å². The monoisotopic (exact) mass is 332 g/mol. The molecule has 0 bridgehead atoms. The van der Waals surface area contributed by atoms with E-state index in [4.69, 9.17) is 22.1 Å². The lowest BCUT2D eigenvalue weighted by Gasteiger charge is -2.34. The van der Waals surface area contributed by atoms with E-state index in [1.807, 2.05) is 6.92 Å². The molecule has 1 fully saturated rings. The summed E-state index contributed by atoms with van der Waals surface area (Å²) in [4.78, 5) is 0.246. The van der Waals surface area contributed by atoms with Gasteiger partial charge < -0.3 is 10.5 Å². The lowest BCUT2D eigenvalue weighted by atomic mass is 10.1. The van der Waals surface area contributed by atoms with Gasteiger partial charge in [-0.25, -0.2) is 8.42 Å². The summed E-state index contributed by atoms with van der Waals surface area (Å²) in [5.74, 6) is 0. The van der Waals surface area contributed by atoms with Crippen molar-refractivity contribution in [3.8, 4) is 0 Å². The largest absolute Gasteiger partial charge is 0.378 e. The van der Waals surface area contributed by atoms with E-state index >= 15 is 0 Å². The third-order valence-electron chi connectivity index (χ3n) is 3.88. The fourth-order valence-corrected chi connectivity index (χ4v) is 4.86. The minimum Gasteiger partial charge on any atom is -0.378 e. The maximum absolute atomic E-state index is 13.0. The second-order valence-electron chi connectivity index (χ2n) is 5.14. The molecule has 21 heavy (non-hydrogen) atoms. The van der Waals surface area contributed by atoms with Crippen LogP contribution >= 0.6 is 11.6 Å². The summed E-state index contributed by atoms with van der Waals surface area (Å²) in [5.41, 5.74) is 7.10. The first-order valence-electron chi connectivity index (χ1n) is 7.00. The molecule has 0 aliphatic carbocycles. The number of hydrogen-bond donors (Lipinski definition) is 1. The smallest absolute Gasteiger partial charge is 0.243 e. The Morgan fingerprint density at radius 1 is 1.48 bits per heavy atom. The van der Waals surface area contributed by atoms with Crippen LogP contribution in [0.2, 0.25) is 5.02 Å². The summed E-state index contributed by atoms with van der Waals surface area (Å²) in [6.45, 7) is 5.20. The van der Waals surface area contributed by atoms with Gasteiger partial charge in [-0.3, -0.25) is 0 Å². The van der Waals surface area contributed by atoms with E-state index < -0.39 is 10.0 Å². The lowest BCUT2D eigenvalue weighted by molar-refractivity contribution is 0.0314. The second-order valence-corrected chi connectivity index (χ2v) is 7.44. The Hall–Kier alpha value is -0.660. The molecule has 0 aromatic heterocycles. The number of ether oxygens (including phenoxy) is 1. The van der Waals surface area contributed by atoms with Crippen molar-refractivity contribution in [1.82, 2.24) is 4.31 Å². The van der Waals surface area contributed by atoms with E-state index in [0.29, 0.717) is 36.8 Å². The van der Waals surface area contributed by atoms with Gasteiger partial charge in [0.15, 0.2) is 0 Å². The van der Waals surface area contributed by atoms with Crippen molar-refractivity contribution < 1.29 is 13.2 Å². The molecule has 118 valence electrons. The molecule has 5 nitrogen and oxygen atoms in total. The van der Waals surface area contributed by atoms with E-state index in [1.165, 1.54) is 10.4 Å². The Morgan fingerprint density at radius 3 is 2.81 bits per heavy atom. The molecule has 1 aromatic rings. The quantitative estimate of drug-likeness (QED) is 0.914. The summed E-state index contributed by atoms with van der Waals surface area (Å²) in [6.07, 6.45) is 0.711. The molecule has 1 aliphatic heterocycles. The van der Waals surface area contributed by atoms with Gasteiger partial charge in [0.05, 0.1) is 18.1 Å². The first-order chi connectivity index (χ1) is 9.91. The van der Waals surface area contributed by atoms with Crippen LogP contribution in [0.15, 0.2) is 17.0 Å². The molecule has 1 aromatic carbocycles. The molecule has 1 saturated heterocycles. The summed E-state index contributed by atoms with van der Waals surface area (Å²) in [5, 5.41) is 0.390. The van der Waals surface area contributed by atoms with Crippen LogP contribution in [0.3, 0.4) is 0 Å². The van der Waals surface area contributed by atoms with Crippen LogP contribution in [0.1, 0.15) is 24.5 Å². The van der Waals surface area contributed by atoms with Gasteiger partial charge >= 0.3 is 0 Å². The standard InChI is InChI=1S/C14H21ClN2O3S/c1-3-13-9-20-5-4-17(13)21(18,19)14-7-12(15)6-11(8-16)10(14)2/h6-7,13H,3-5,8-9,16H2,1-2H3. The molecule has 0 amide bonds. The highest BCUT2D eigenvalue weighted by Gasteiger charge is 2.34. The van der Waals surface area contributed by atoms with Crippen molar-refractivity contribution in [3.63, 3.8) is 0 Å². The number of halogens is 1. The molecule has 1 unspecified atom stereocenters. The highest BCUT2D eigenvalue weighted by atomic mass is 35.5. The fourth-order valence-electron chi connectivity index (χ4n) is 2.59. The Balaban J connectivity index is 2.50. The molecule has 0 spiro atoms. The van der Waals surface area contributed by atoms with Crippen LogP contribution in [-0.2, 0) is 21.3 Å². The molecule has 2 N–H and O–H groups in total. The summed E-state index contributed by atoms with van der Waals surface area (Å²) >= 11 is 6.05. The van der Waals surface area contributed by atoms with Crippen molar-refractivity contribution in [2.24, 2.45) is 5.73 Å². The van der Waals surface area contributed by atoms with Gasteiger partial charge in [0.1, 0.15) is 0 Å². The Kier molecular flexibility index (Phi) is 5.27. The summed E-state index contributed by atoms with van der Waals surface area (Å²) in [6, 6.07) is 3.09. The maximum atomic E-state index is 13.0. The highest BCUT2D eigenvalue weighted by molar-refractivity contribution is 7.89. The summed E-state index contributed by atoms with van der Waals surface area (Å²) < 4.78 is 32.8. The molecular weight excluding hydrogens is 312 g/mol. The van der Waals surface area contributed by atoms with Crippen LogP contribution < -0.4 is 5.73 Å². The highest BCUT2D eigenvalue weighted by Crippen LogP contribution is 2.29. The zero-order valence-electron chi connectivity index (χ0n) is 12.3. The predicted molar refractivity (Wildman–Crippen MR) is 82.9 cm³/mol. The number of rotatable bonds is 4. The van der Waals surface area contributed by atoms with Crippen molar-refractivity contribution in [3.05, 3.63) is 28.3 Å². The molecule has 1 aliphatic rings. The fraction of sp³-hybridized carbons (Fsp3) is 0.571. The minimum absolute atomic E-state index is 0.136. The van der Waals surface area contributed by atoms with E-state index in [0.717, 1.165) is 5.56 Å². The first kappa shape index (κ1) is 16.7. The van der Waals surface area contributed by atoms with Crippen LogP contribution in [-0.4, -0.2) is 38.5 Å². The third kappa shape index (κ3) is 3.24.